The summed E-state index contributed by atoms with van der Waals surface area (Å²) in [4.78, 5) is 2.34. The average Bonchev–Trinajstić information content (AvgIpc) is 2.41. The van der Waals surface area contributed by atoms with Crippen LogP contribution in [0.15, 0.2) is 0 Å². The third-order valence-electron chi connectivity index (χ3n) is 4.64. The Morgan fingerprint density at radius 1 is 1.43 bits per heavy atom. The molecule has 2 heterocycles. The van der Waals surface area contributed by atoms with Crippen molar-refractivity contribution in [2.75, 3.05) is 44.4 Å². The van der Waals surface area contributed by atoms with Crippen molar-refractivity contribution in [2.24, 2.45) is 5.41 Å². The molecule has 124 valence electrons. The highest BCUT2D eigenvalue weighted by Gasteiger charge is 2.38. The van der Waals surface area contributed by atoms with Gasteiger partial charge in [-0.15, -0.1) is 0 Å². The molecule has 0 radical (unpaired) electrons. The van der Waals surface area contributed by atoms with E-state index in [1.807, 2.05) is 6.92 Å². The molecule has 2 aliphatic rings. The van der Waals surface area contributed by atoms with Crippen molar-refractivity contribution < 1.29 is 13.2 Å². The maximum absolute atomic E-state index is 11.7. The molecule has 2 fully saturated rings. The Morgan fingerprint density at radius 2 is 2.19 bits per heavy atom. The van der Waals surface area contributed by atoms with Crippen molar-refractivity contribution >= 4 is 9.84 Å². The highest BCUT2D eigenvalue weighted by Crippen LogP contribution is 2.31. The highest BCUT2D eigenvalue weighted by molar-refractivity contribution is 7.91. The second kappa shape index (κ2) is 6.94. The molecule has 0 spiro atoms. The monoisotopic (exact) mass is 318 g/mol. The second-order valence-corrected chi connectivity index (χ2v) is 9.35. The molecule has 2 rings (SSSR count). The van der Waals surface area contributed by atoms with Crippen LogP contribution >= 0.6 is 0 Å². The van der Waals surface area contributed by atoms with Crippen LogP contribution in [0.1, 0.15) is 33.6 Å². The third-order valence-corrected chi connectivity index (χ3v) is 6.43. The Morgan fingerprint density at radius 3 is 2.76 bits per heavy atom. The van der Waals surface area contributed by atoms with Crippen LogP contribution in [0.25, 0.3) is 0 Å². The predicted molar refractivity (Wildman–Crippen MR) is 85.3 cm³/mol. The molecule has 2 aliphatic heterocycles. The number of nitrogens with zero attached hydrogens (tertiary/aromatic N) is 1. The fourth-order valence-electron chi connectivity index (χ4n) is 3.35. The molecular formula is C15H30N2O3S. The molecule has 2 atom stereocenters. The largest absolute Gasteiger partial charge is 0.381 e. The van der Waals surface area contributed by atoms with Gasteiger partial charge in [0.05, 0.1) is 18.1 Å². The maximum atomic E-state index is 11.7. The normalized spacial score (nSPS) is 34.2. The minimum absolute atomic E-state index is 0.113. The molecule has 0 amide bonds. The lowest BCUT2D eigenvalue weighted by atomic mass is 9.81. The molecule has 2 unspecified atom stereocenters. The van der Waals surface area contributed by atoms with Crippen LogP contribution in [-0.4, -0.2) is 69.8 Å². The van der Waals surface area contributed by atoms with Gasteiger partial charge in [-0.05, 0) is 19.8 Å². The molecule has 6 heteroatoms. The van der Waals surface area contributed by atoms with Crippen molar-refractivity contribution in [3.05, 3.63) is 0 Å². The van der Waals surface area contributed by atoms with E-state index in [2.05, 4.69) is 24.1 Å². The standard InChI is InChI=1S/C15H30N2O3S/c1-13(2)16-10-15(5-4-7-20-12-15)11-17-6-8-21(18,19)9-14(17)3/h13-14,16H,4-12H2,1-3H3. The van der Waals surface area contributed by atoms with Gasteiger partial charge >= 0.3 is 0 Å². The fourth-order valence-corrected chi connectivity index (χ4v) is 4.97. The van der Waals surface area contributed by atoms with E-state index < -0.39 is 9.84 Å². The Labute approximate surface area is 129 Å². The Kier molecular flexibility index (Phi) is 5.68. The van der Waals surface area contributed by atoms with Crippen LogP contribution in [0.3, 0.4) is 0 Å². The highest BCUT2D eigenvalue weighted by atomic mass is 32.2. The van der Waals surface area contributed by atoms with E-state index in [4.69, 9.17) is 4.74 Å². The van der Waals surface area contributed by atoms with Crippen LogP contribution in [-0.2, 0) is 14.6 Å². The smallest absolute Gasteiger partial charge is 0.153 e. The zero-order valence-electron chi connectivity index (χ0n) is 13.6. The molecule has 1 N–H and O–H groups in total. The first-order chi connectivity index (χ1) is 9.82. The molecule has 21 heavy (non-hydrogen) atoms. The van der Waals surface area contributed by atoms with Gasteiger partial charge in [-0.3, -0.25) is 4.90 Å². The molecule has 0 aromatic heterocycles. The molecule has 5 nitrogen and oxygen atoms in total. The van der Waals surface area contributed by atoms with Crippen LogP contribution in [0, 0.1) is 5.41 Å². The van der Waals surface area contributed by atoms with Gasteiger partial charge in [0.25, 0.3) is 0 Å². The summed E-state index contributed by atoms with van der Waals surface area (Å²) in [5, 5.41) is 3.55. The number of nitrogens with one attached hydrogen (secondary N) is 1. The second-order valence-electron chi connectivity index (χ2n) is 7.13. The van der Waals surface area contributed by atoms with Crippen molar-refractivity contribution in [3.63, 3.8) is 0 Å². The topological polar surface area (TPSA) is 58.6 Å². The first-order valence-electron chi connectivity index (χ1n) is 8.08. The van der Waals surface area contributed by atoms with Crippen LogP contribution in [0.2, 0.25) is 0 Å². The number of sulfone groups is 1. The Hall–Kier alpha value is -0.170. The molecule has 0 aromatic rings. The average molecular weight is 318 g/mol. The van der Waals surface area contributed by atoms with Gasteiger partial charge in [0.2, 0.25) is 0 Å². The summed E-state index contributed by atoms with van der Waals surface area (Å²) in [6, 6.07) is 0.574. The molecule has 0 bridgehead atoms. The summed E-state index contributed by atoms with van der Waals surface area (Å²) in [6.45, 7) is 10.5. The van der Waals surface area contributed by atoms with Gasteiger partial charge in [-0.1, -0.05) is 13.8 Å². The van der Waals surface area contributed by atoms with Crippen molar-refractivity contribution in [2.45, 2.75) is 45.7 Å². The van der Waals surface area contributed by atoms with Crippen LogP contribution < -0.4 is 5.32 Å². The molecule has 2 saturated heterocycles. The van der Waals surface area contributed by atoms with Crippen molar-refractivity contribution in [1.82, 2.24) is 10.2 Å². The van der Waals surface area contributed by atoms with E-state index in [1.54, 1.807) is 0 Å². The van der Waals surface area contributed by atoms with Gasteiger partial charge in [0, 0.05) is 43.7 Å². The summed E-state index contributed by atoms with van der Waals surface area (Å²) in [7, 11) is -2.84. The zero-order chi connectivity index (χ0) is 15.5. The van der Waals surface area contributed by atoms with Crippen molar-refractivity contribution in [3.8, 4) is 0 Å². The van der Waals surface area contributed by atoms with Gasteiger partial charge in [0.15, 0.2) is 9.84 Å². The number of ether oxygens (including phenoxy) is 1. The zero-order valence-corrected chi connectivity index (χ0v) is 14.4. The summed E-state index contributed by atoms with van der Waals surface area (Å²) in [5.41, 5.74) is 0.123. The first-order valence-corrected chi connectivity index (χ1v) is 9.90. The van der Waals surface area contributed by atoms with Gasteiger partial charge in [0.1, 0.15) is 0 Å². The van der Waals surface area contributed by atoms with Crippen LogP contribution in [0.4, 0.5) is 0 Å². The molecule has 0 aliphatic carbocycles. The summed E-state index contributed by atoms with van der Waals surface area (Å²) in [5.74, 6) is 0.591. The fraction of sp³-hybridized carbons (Fsp3) is 1.00. The number of hydrogen-bond acceptors (Lipinski definition) is 5. The summed E-state index contributed by atoms with van der Waals surface area (Å²) in [6.07, 6.45) is 2.25. The van der Waals surface area contributed by atoms with E-state index in [0.717, 1.165) is 39.1 Å². The molecular weight excluding hydrogens is 288 g/mol. The van der Waals surface area contributed by atoms with Gasteiger partial charge in [-0.25, -0.2) is 8.42 Å². The quantitative estimate of drug-likeness (QED) is 0.816. The third kappa shape index (κ3) is 4.91. The molecule has 0 saturated carbocycles. The molecule has 0 aromatic carbocycles. The SMILES string of the molecule is CC(C)NCC1(CN2CCS(=O)(=O)CC2C)CCCOC1. The van der Waals surface area contributed by atoms with Crippen molar-refractivity contribution in [1.29, 1.82) is 0 Å². The predicted octanol–water partition coefficient (Wildman–Crippen LogP) is 0.900. The summed E-state index contributed by atoms with van der Waals surface area (Å²) >= 11 is 0. The number of rotatable bonds is 5. The lowest BCUT2D eigenvalue weighted by molar-refractivity contribution is -0.0310. The maximum Gasteiger partial charge on any atom is 0.153 e. The van der Waals surface area contributed by atoms with E-state index in [0.29, 0.717) is 24.1 Å². The van der Waals surface area contributed by atoms with Gasteiger partial charge < -0.3 is 10.1 Å². The van der Waals surface area contributed by atoms with E-state index in [9.17, 15) is 8.42 Å². The van der Waals surface area contributed by atoms with Gasteiger partial charge in [-0.2, -0.15) is 0 Å². The van der Waals surface area contributed by atoms with Crippen LogP contribution in [0.5, 0.6) is 0 Å². The van der Waals surface area contributed by atoms with E-state index >= 15 is 0 Å². The minimum atomic E-state index is -2.84. The number of hydrogen-bond donors (Lipinski definition) is 1. The Balaban J connectivity index is 2.01. The lowest BCUT2D eigenvalue weighted by Crippen LogP contribution is -2.55. The first kappa shape index (κ1) is 17.2. The van der Waals surface area contributed by atoms with E-state index in [-0.39, 0.29) is 11.5 Å². The minimum Gasteiger partial charge on any atom is -0.381 e. The Bertz CT molecular complexity index is 430. The lowest BCUT2D eigenvalue weighted by Gasteiger charge is -2.44. The summed E-state index contributed by atoms with van der Waals surface area (Å²) < 4.78 is 29.2. The van der Waals surface area contributed by atoms with E-state index in [1.165, 1.54) is 0 Å².